The summed E-state index contributed by atoms with van der Waals surface area (Å²) >= 11 is 0. The van der Waals surface area contributed by atoms with E-state index in [1.807, 2.05) is 12.1 Å². The number of methoxy groups -OCH3 is 1. The number of benzene rings is 1. The number of carbonyl (C=O) groups excluding carboxylic acids is 1. The number of hydrogen-bond acceptors (Lipinski definition) is 6. The number of ether oxygens (including phenoxy) is 1. The molecule has 106 valence electrons. The fraction of sp³-hybridized carbons (Fsp3) is 0.133. The fourth-order valence-electron chi connectivity index (χ4n) is 1.71. The number of nitriles is 1. The Morgan fingerprint density at radius 2 is 2.05 bits per heavy atom. The van der Waals surface area contributed by atoms with Crippen molar-refractivity contribution < 1.29 is 9.53 Å². The van der Waals surface area contributed by atoms with Crippen LogP contribution in [0.1, 0.15) is 21.6 Å². The van der Waals surface area contributed by atoms with Gasteiger partial charge in [0.1, 0.15) is 5.82 Å². The first kappa shape index (κ1) is 14.3. The fourth-order valence-corrected chi connectivity index (χ4v) is 1.71. The van der Waals surface area contributed by atoms with Crippen molar-refractivity contribution in [2.24, 2.45) is 0 Å². The van der Waals surface area contributed by atoms with Gasteiger partial charge in [-0.1, -0.05) is 12.1 Å². The zero-order valence-corrected chi connectivity index (χ0v) is 11.5. The van der Waals surface area contributed by atoms with Crippen molar-refractivity contribution >= 4 is 17.5 Å². The quantitative estimate of drug-likeness (QED) is 0.831. The first-order valence-corrected chi connectivity index (χ1v) is 6.22. The molecule has 2 rings (SSSR count). The second-order valence-corrected chi connectivity index (χ2v) is 4.29. The Morgan fingerprint density at radius 1 is 1.33 bits per heavy atom. The Bertz CT molecular complexity index is 690. The molecule has 0 unspecified atom stereocenters. The standard InChI is InChI=1S/C15H14N4O2/c1-21-15(20)13-7-6-12(17)14(19-13)18-9-11-4-2-10(8-16)3-5-11/h2-7H,9,17H2,1H3,(H,18,19). The van der Waals surface area contributed by atoms with Crippen molar-refractivity contribution in [3.05, 3.63) is 53.2 Å². The van der Waals surface area contributed by atoms with E-state index in [4.69, 9.17) is 11.0 Å². The predicted octanol–water partition coefficient (Wildman–Crippen LogP) is 1.93. The van der Waals surface area contributed by atoms with Crippen molar-refractivity contribution in [1.29, 1.82) is 5.26 Å². The van der Waals surface area contributed by atoms with Gasteiger partial charge in [0.05, 0.1) is 24.4 Å². The number of carbonyl (C=O) groups is 1. The van der Waals surface area contributed by atoms with Crippen molar-refractivity contribution in [3.63, 3.8) is 0 Å². The van der Waals surface area contributed by atoms with Gasteiger partial charge in [-0.15, -0.1) is 0 Å². The third kappa shape index (κ3) is 3.48. The molecule has 0 aliphatic rings. The normalized spacial score (nSPS) is 9.71. The zero-order valence-electron chi connectivity index (χ0n) is 11.5. The molecule has 0 saturated heterocycles. The molecule has 3 N–H and O–H groups in total. The van der Waals surface area contributed by atoms with E-state index in [-0.39, 0.29) is 5.69 Å². The summed E-state index contributed by atoms with van der Waals surface area (Å²) in [5.74, 6) is -0.0984. The first-order valence-electron chi connectivity index (χ1n) is 6.22. The molecular formula is C15H14N4O2. The van der Waals surface area contributed by atoms with Gasteiger partial charge in [-0.3, -0.25) is 0 Å². The number of nitrogens with one attached hydrogen (secondary N) is 1. The number of nitrogens with zero attached hydrogens (tertiary/aromatic N) is 2. The lowest BCUT2D eigenvalue weighted by molar-refractivity contribution is 0.0594. The summed E-state index contributed by atoms with van der Waals surface area (Å²) < 4.78 is 4.62. The maximum atomic E-state index is 11.4. The van der Waals surface area contributed by atoms with Crippen LogP contribution in [0.2, 0.25) is 0 Å². The van der Waals surface area contributed by atoms with E-state index < -0.39 is 5.97 Å². The van der Waals surface area contributed by atoms with Crippen LogP contribution in [0, 0.1) is 11.3 Å². The Labute approximate surface area is 122 Å². The Morgan fingerprint density at radius 3 is 2.67 bits per heavy atom. The lowest BCUT2D eigenvalue weighted by Gasteiger charge is -2.09. The Kier molecular flexibility index (Phi) is 4.36. The molecule has 0 spiro atoms. The topological polar surface area (TPSA) is 101 Å². The molecule has 6 nitrogen and oxygen atoms in total. The summed E-state index contributed by atoms with van der Waals surface area (Å²) in [6.07, 6.45) is 0. The molecule has 0 atom stereocenters. The van der Waals surface area contributed by atoms with Gasteiger partial charge in [0, 0.05) is 6.54 Å². The summed E-state index contributed by atoms with van der Waals surface area (Å²) in [7, 11) is 1.30. The van der Waals surface area contributed by atoms with Gasteiger partial charge in [0.25, 0.3) is 0 Å². The molecular weight excluding hydrogens is 268 g/mol. The maximum absolute atomic E-state index is 11.4. The smallest absolute Gasteiger partial charge is 0.356 e. The van der Waals surface area contributed by atoms with E-state index in [2.05, 4.69) is 21.1 Å². The predicted molar refractivity (Wildman–Crippen MR) is 78.5 cm³/mol. The average molecular weight is 282 g/mol. The summed E-state index contributed by atoms with van der Waals surface area (Å²) in [5.41, 5.74) is 8.02. The molecule has 21 heavy (non-hydrogen) atoms. The van der Waals surface area contributed by atoms with Gasteiger partial charge in [0.2, 0.25) is 0 Å². The third-order valence-electron chi connectivity index (χ3n) is 2.86. The molecule has 6 heteroatoms. The molecule has 0 aliphatic heterocycles. The van der Waals surface area contributed by atoms with Crippen LogP contribution in [-0.2, 0) is 11.3 Å². The van der Waals surface area contributed by atoms with Gasteiger partial charge in [0.15, 0.2) is 5.69 Å². The van der Waals surface area contributed by atoms with E-state index in [1.165, 1.54) is 13.2 Å². The summed E-state index contributed by atoms with van der Waals surface area (Å²) in [6.45, 7) is 0.480. The average Bonchev–Trinajstić information content (AvgIpc) is 2.53. The number of nitrogen functional groups attached to an aromatic ring is 1. The molecule has 1 heterocycles. The minimum absolute atomic E-state index is 0.189. The number of esters is 1. The SMILES string of the molecule is COC(=O)c1ccc(N)c(NCc2ccc(C#N)cc2)n1. The number of aromatic nitrogens is 1. The van der Waals surface area contributed by atoms with E-state index in [9.17, 15) is 4.79 Å². The van der Waals surface area contributed by atoms with E-state index in [0.29, 0.717) is 23.6 Å². The highest BCUT2D eigenvalue weighted by atomic mass is 16.5. The monoisotopic (exact) mass is 282 g/mol. The van der Waals surface area contributed by atoms with Gasteiger partial charge in [-0.2, -0.15) is 5.26 Å². The van der Waals surface area contributed by atoms with Crippen LogP contribution in [0.5, 0.6) is 0 Å². The largest absolute Gasteiger partial charge is 0.464 e. The van der Waals surface area contributed by atoms with Crippen molar-refractivity contribution in [2.75, 3.05) is 18.2 Å². The van der Waals surface area contributed by atoms with Crippen LogP contribution in [0.25, 0.3) is 0 Å². The van der Waals surface area contributed by atoms with E-state index >= 15 is 0 Å². The molecule has 2 aromatic rings. The number of nitrogens with two attached hydrogens (primary N) is 1. The Hall–Kier alpha value is -3.07. The van der Waals surface area contributed by atoms with Crippen molar-refractivity contribution in [2.45, 2.75) is 6.54 Å². The molecule has 0 radical (unpaired) electrons. The van der Waals surface area contributed by atoms with E-state index in [0.717, 1.165) is 5.56 Å². The minimum Gasteiger partial charge on any atom is -0.464 e. The lowest BCUT2D eigenvalue weighted by atomic mass is 10.1. The van der Waals surface area contributed by atoms with Gasteiger partial charge in [-0.25, -0.2) is 9.78 Å². The highest BCUT2D eigenvalue weighted by Crippen LogP contribution is 2.17. The van der Waals surface area contributed by atoms with Crippen LogP contribution in [0.3, 0.4) is 0 Å². The van der Waals surface area contributed by atoms with Crippen LogP contribution >= 0.6 is 0 Å². The van der Waals surface area contributed by atoms with Crippen molar-refractivity contribution in [1.82, 2.24) is 4.98 Å². The highest BCUT2D eigenvalue weighted by molar-refractivity contribution is 5.88. The van der Waals surface area contributed by atoms with Crippen LogP contribution in [0.15, 0.2) is 36.4 Å². The molecule has 0 saturated carbocycles. The third-order valence-corrected chi connectivity index (χ3v) is 2.86. The summed E-state index contributed by atoms with van der Waals surface area (Å²) in [5, 5.41) is 11.8. The van der Waals surface area contributed by atoms with Gasteiger partial charge in [-0.05, 0) is 29.8 Å². The highest BCUT2D eigenvalue weighted by Gasteiger charge is 2.10. The van der Waals surface area contributed by atoms with Crippen LogP contribution in [0.4, 0.5) is 11.5 Å². The second-order valence-electron chi connectivity index (χ2n) is 4.29. The van der Waals surface area contributed by atoms with Crippen LogP contribution < -0.4 is 11.1 Å². The number of hydrogen-bond donors (Lipinski definition) is 2. The Balaban J connectivity index is 2.11. The summed E-state index contributed by atoms with van der Waals surface area (Å²) in [4.78, 5) is 15.6. The van der Waals surface area contributed by atoms with E-state index in [1.54, 1.807) is 18.2 Å². The van der Waals surface area contributed by atoms with Gasteiger partial charge >= 0.3 is 5.97 Å². The number of rotatable bonds is 4. The molecule has 1 aromatic heterocycles. The molecule has 1 aromatic carbocycles. The lowest BCUT2D eigenvalue weighted by Crippen LogP contribution is -2.10. The maximum Gasteiger partial charge on any atom is 0.356 e. The molecule has 0 bridgehead atoms. The molecule has 0 fully saturated rings. The number of anilines is 2. The number of pyridine rings is 1. The van der Waals surface area contributed by atoms with Gasteiger partial charge < -0.3 is 15.8 Å². The first-order chi connectivity index (χ1) is 10.1. The van der Waals surface area contributed by atoms with Crippen LogP contribution in [-0.4, -0.2) is 18.1 Å². The zero-order chi connectivity index (χ0) is 15.2. The minimum atomic E-state index is -0.517. The van der Waals surface area contributed by atoms with Crippen molar-refractivity contribution in [3.8, 4) is 6.07 Å². The molecule has 0 amide bonds. The molecule has 0 aliphatic carbocycles. The second kappa shape index (κ2) is 6.39. The summed E-state index contributed by atoms with van der Waals surface area (Å²) in [6, 6.07) is 12.3.